The van der Waals surface area contributed by atoms with Crippen molar-refractivity contribution in [3.05, 3.63) is 85.5 Å². The molecule has 4 heteroatoms. The van der Waals surface area contributed by atoms with E-state index in [4.69, 9.17) is 0 Å². The number of nitrogens with zero attached hydrogens (tertiary/aromatic N) is 4. The lowest BCUT2D eigenvalue weighted by molar-refractivity contribution is -0.670. The lowest BCUT2D eigenvalue weighted by Gasteiger charge is -2.08. The zero-order valence-corrected chi connectivity index (χ0v) is 22.2. The van der Waals surface area contributed by atoms with Crippen molar-refractivity contribution in [3.8, 4) is 0 Å². The van der Waals surface area contributed by atoms with Crippen LogP contribution in [-0.4, -0.2) is 9.13 Å². The van der Waals surface area contributed by atoms with Crippen LogP contribution in [-0.2, 0) is 27.2 Å². The maximum atomic E-state index is 2.52. The van der Waals surface area contributed by atoms with Gasteiger partial charge >= 0.3 is 0 Å². The Hall–Kier alpha value is -3.66. The molecule has 0 saturated carbocycles. The van der Waals surface area contributed by atoms with Gasteiger partial charge in [0, 0.05) is 47.0 Å². The quantitative estimate of drug-likeness (QED) is 0.146. The van der Waals surface area contributed by atoms with Crippen molar-refractivity contribution in [2.75, 3.05) is 0 Å². The molecule has 0 atom stereocenters. The molecule has 0 N–H and O–H groups in total. The molecule has 0 aliphatic heterocycles. The van der Waals surface area contributed by atoms with Crippen molar-refractivity contribution in [3.63, 3.8) is 0 Å². The van der Waals surface area contributed by atoms with E-state index < -0.39 is 0 Å². The summed E-state index contributed by atoms with van der Waals surface area (Å²) in [4.78, 5) is 0. The molecular weight excluding hydrogens is 452 g/mol. The highest BCUT2D eigenvalue weighted by atomic mass is 15.0. The summed E-state index contributed by atoms with van der Waals surface area (Å²) in [6, 6.07) is 22.2. The lowest BCUT2D eigenvalue weighted by Crippen LogP contribution is -2.25. The van der Waals surface area contributed by atoms with Crippen LogP contribution in [0.15, 0.2) is 85.5 Å². The molecule has 0 aliphatic carbocycles. The minimum Gasteiger partial charge on any atom is -0.340 e. The van der Waals surface area contributed by atoms with Gasteiger partial charge in [-0.05, 0) is 25.0 Å². The van der Waals surface area contributed by atoms with Gasteiger partial charge in [0.25, 0.3) is 0 Å². The fourth-order valence-electron chi connectivity index (χ4n) is 6.11. The van der Waals surface area contributed by atoms with Crippen LogP contribution in [0.1, 0.15) is 44.9 Å². The zero-order valence-electron chi connectivity index (χ0n) is 22.2. The number of rotatable bonds is 10. The summed E-state index contributed by atoms with van der Waals surface area (Å²) < 4.78 is 9.35. The number of hydrogen-bond acceptors (Lipinski definition) is 0. The third-order valence-electron chi connectivity index (χ3n) is 7.97. The van der Waals surface area contributed by atoms with Crippen LogP contribution < -0.4 is 9.13 Å². The standard InChI is InChI=1S/C33H38N4/c1-34-22-18-32-28(24-34)26-14-8-10-16-30(26)36(32)20-12-6-4-3-5-7-13-21-37-31-17-11-9-15-27(31)29-25-35(2)23-19-33(29)37/h8-11,14-19,22-25H,3-7,12-13,20-21H2,1-2H3/q+2. The Morgan fingerprint density at radius 1 is 0.459 bits per heavy atom. The molecule has 0 aliphatic rings. The molecule has 6 rings (SSSR count). The molecular formula is C33H38N4+2. The summed E-state index contributed by atoms with van der Waals surface area (Å²) >= 11 is 0. The van der Waals surface area contributed by atoms with Crippen LogP contribution >= 0.6 is 0 Å². The molecule has 0 amide bonds. The van der Waals surface area contributed by atoms with E-state index in [1.54, 1.807) is 0 Å². The first-order valence-corrected chi connectivity index (χ1v) is 13.9. The van der Waals surface area contributed by atoms with E-state index in [0.717, 1.165) is 13.1 Å². The second-order valence-corrected chi connectivity index (χ2v) is 10.6. The molecule has 4 heterocycles. The number of aromatic nitrogens is 4. The Balaban J connectivity index is 0.993. The van der Waals surface area contributed by atoms with E-state index in [1.807, 2.05) is 0 Å². The molecule has 0 saturated heterocycles. The second-order valence-electron chi connectivity index (χ2n) is 10.6. The minimum atomic E-state index is 1.10. The number of para-hydroxylation sites is 2. The minimum absolute atomic E-state index is 1.10. The van der Waals surface area contributed by atoms with Gasteiger partial charge < -0.3 is 9.13 Å². The van der Waals surface area contributed by atoms with Crippen molar-refractivity contribution in [1.29, 1.82) is 0 Å². The Labute approximate surface area is 219 Å². The topological polar surface area (TPSA) is 17.6 Å². The fourth-order valence-corrected chi connectivity index (χ4v) is 6.11. The highest BCUT2D eigenvalue weighted by Gasteiger charge is 2.14. The second kappa shape index (κ2) is 10.4. The predicted molar refractivity (Wildman–Crippen MR) is 154 cm³/mol. The average molecular weight is 491 g/mol. The molecule has 0 radical (unpaired) electrons. The molecule has 0 bridgehead atoms. The first-order valence-electron chi connectivity index (χ1n) is 13.9. The molecule has 0 fully saturated rings. The number of unbranched alkanes of at least 4 members (excludes halogenated alkanes) is 6. The lowest BCUT2D eigenvalue weighted by atomic mass is 10.1. The van der Waals surface area contributed by atoms with Crippen molar-refractivity contribution >= 4 is 43.6 Å². The van der Waals surface area contributed by atoms with Gasteiger partial charge in [-0.1, -0.05) is 68.5 Å². The summed E-state index contributed by atoms with van der Waals surface area (Å²) in [7, 11) is 4.21. The van der Waals surface area contributed by atoms with Crippen LogP contribution in [0, 0.1) is 0 Å². The maximum Gasteiger partial charge on any atom is 0.178 e. The third-order valence-corrected chi connectivity index (χ3v) is 7.97. The summed E-state index contributed by atoms with van der Waals surface area (Å²) in [5.41, 5.74) is 5.45. The number of benzene rings is 2. The number of fused-ring (bicyclic) bond motifs is 6. The van der Waals surface area contributed by atoms with Crippen LogP contribution in [0.2, 0.25) is 0 Å². The van der Waals surface area contributed by atoms with Crippen LogP contribution in [0.25, 0.3) is 43.6 Å². The van der Waals surface area contributed by atoms with Crippen molar-refractivity contribution in [2.45, 2.75) is 58.0 Å². The van der Waals surface area contributed by atoms with Crippen molar-refractivity contribution < 1.29 is 9.13 Å². The monoisotopic (exact) mass is 490 g/mol. The van der Waals surface area contributed by atoms with Crippen molar-refractivity contribution in [2.24, 2.45) is 14.1 Å². The fraction of sp³-hybridized carbons (Fsp3) is 0.333. The van der Waals surface area contributed by atoms with Gasteiger partial charge in [-0.15, -0.1) is 0 Å². The van der Waals surface area contributed by atoms with Gasteiger partial charge in [-0.3, -0.25) is 0 Å². The molecule has 4 nitrogen and oxygen atoms in total. The van der Waals surface area contributed by atoms with Gasteiger partial charge in [-0.2, -0.15) is 0 Å². The summed E-state index contributed by atoms with van der Waals surface area (Å²) in [6.45, 7) is 2.20. The summed E-state index contributed by atoms with van der Waals surface area (Å²) in [6.07, 6.45) is 17.9. The van der Waals surface area contributed by atoms with E-state index in [-0.39, 0.29) is 0 Å². The van der Waals surface area contributed by atoms with Gasteiger partial charge in [0.15, 0.2) is 24.8 Å². The maximum absolute atomic E-state index is 2.52. The Morgan fingerprint density at radius 2 is 0.838 bits per heavy atom. The molecule has 4 aromatic heterocycles. The average Bonchev–Trinajstić information content (AvgIpc) is 3.39. The van der Waals surface area contributed by atoms with E-state index in [9.17, 15) is 0 Å². The van der Waals surface area contributed by atoms with Crippen LogP contribution in [0.5, 0.6) is 0 Å². The number of aryl methyl sites for hydroxylation is 4. The van der Waals surface area contributed by atoms with E-state index in [0.29, 0.717) is 0 Å². The molecule has 6 aromatic rings. The van der Waals surface area contributed by atoms with Crippen LogP contribution in [0.4, 0.5) is 0 Å². The molecule has 188 valence electrons. The smallest absolute Gasteiger partial charge is 0.178 e. The van der Waals surface area contributed by atoms with Gasteiger partial charge in [0.05, 0.1) is 21.8 Å². The Kier molecular flexibility index (Phi) is 6.65. The summed E-state index contributed by atoms with van der Waals surface area (Å²) in [5, 5.41) is 5.45. The zero-order chi connectivity index (χ0) is 25.2. The van der Waals surface area contributed by atoms with E-state index >= 15 is 0 Å². The molecule has 0 unspecified atom stereocenters. The molecule has 37 heavy (non-hydrogen) atoms. The first-order chi connectivity index (χ1) is 18.2. The third kappa shape index (κ3) is 4.61. The highest BCUT2D eigenvalue weighted by Crippen LogP contribution is 2.29. The normalized spacial score (nSPS) is 11.9. The Bertz CT molecular complexity index is 1560. The van der Waals surface area contributed by atoms with Crippen molar-refractivity contribution in [1.82, 2.24) is 9.13 Å². The van der Waals surface area contributed by atoms with E-state index in [1.165, 1.54) is 88.6 Å². The number of pyridine rings is 2. The molecule has 2 aromatic carbocycles. The predicted octanol–water partition coefficient (Wildman–Crippen LogP) is 6.98. The van der Waals surface area contributed by atoms with E-state index in [2.05, 4.69) is 118 Å². The summed E-state index contributed by atoms with van der Waals surface area (Å²) in [5.74, 6) is 0. The SMILES string of the molecule is C[n+]1ccc2c(c1)c1ccccc1n2CCCCCCCCCn1c2ccccc2c2c[n+](C)ccc21. The largest absolute Gasteiger partial charge is 0.340 e. The van der Waals surface area contributed by atoms with Gasteiger partial charge in [-0.25, -0.2) is 9.13 Å². The first kappa shape index (κ1) is 23.7. The van der Waals surface area contributed by atoms with Gasteiger partial charge in [0.1, 0.15) is 14.1 Å². The number of hydrogen-bond donors (Lipinski definition) is 0. The molecule has 0 spiro atoms. The van der Waals surface area contributed by atoms with Gasteiger partial charge in [0.2, 0.25) is 0 Å². The van der Waals surface area contributed by atoms with Crippen LogP contribution in [0.3, 0.4) is 0 Å². The Morgan fingerprint density at radius 3 is 1.30 bits per heavy atom. The highest BCUT2D eigenvalue weighted by molar-refractivity contribution is 6.08.